The van der Waals surface area contributed by atoms with Gasteiger partial charge in [-0.05, 0) is 74.3 Å². The summed E-state index contributed by atoms with van der Waals surface area (Å²) in [5.41, 5.74) is 2.67. The van der Waals surface area contributed by atoms with Crippen LogP contribution in [0.4, 0.5) is 0 Å². The Hall–Kier alpha value is -1.62. The molecule has 2 fully saturated rings. The lowest BCUT2D eigenvalue weighted by molar-refractivity contribution is -0.123. The summed E-state index contributed by atoms with van der Waals surface area (Å²) in [5, 5.41) is 9.96. The molecule has 0 N–H and O–H groups in total. The van der Waals surface area contributed by atoms with E-state index in [0.717, 1.165) is 44.9 Å². The van der Waals surface area contributed by atoms with E-state index in [1.807, 2.05) is 0 Å². The second-order valence-electron chi connectivity index (χ2n) is 9.63. The summed E-state index contributed by atoms with van der Waals surface area (Å²) < 4.78 is 0. The largest absolute Gasteiger partial charge is 0.300 e. The van der Waals surface area contributed by atoms with Gasteiger partial charge >= 0.3 is 0 Å². The summed E-state index contributed by atoms with van der Waals surface area (Å²) in [6.45, 7) is 2.27. The molecule has 158 valence electrons. The second-order valence-corrected chi connectivity index (χ2v) is 9.63. The number of benzene rings is 1. The summed E-state index contributed by atoms with van der Waals surface area (Å²) in [7, 11) is 0. The molecular formula is C27H39NO. The molecule has 0 saturated heterocycles. The van der Waals surface area contributed by atoms with Gasteiger partial charge in [0.2, 0.25) is 0 Å². The molecule has 1 aromatic rings. The van der Waals surface area contributed by atoms with Crippen LogP contribution in [0.15, 0.2) is 24.3 Å². The fraction of sp³-hybridized carbons (Fsp3) is 0.704. The minimum absolute atomic E-state index is 0.246. The van der Waals surface area contributed by atoms with Crippen molar-refractivity contribution in [3.63, 3.8) is 0 Å². The van der Waals surface area contributed by atoms with Crippen LogP contribution >= 0.6 is 0 Å². The van der Waals surface area contributed by atoms with Gasteiger partial charge in [-0.1, -0.05) is 63.3 Å². The second kappa shape index (κ2) is 11.0. The quantitative estimate of drug-likeness (QED) is 0.407. The molecule has 29 heavy (non-hydrogen) atoms. The molecule has 0 bridgehead atoms. The highest BCUT2D eigenvalue weighted by Crippen LogP contribution is 2.50. The smallest absolute Gasteiger partial charge is 0.133 e. The maximum Gasteiger partial charge on any atom is 0.133 e. The van der Waals surface area contributed by atoms with Gasteiger partial charge < -0.3 is 0 Å². The van der Waals surface area contributed by atoms with Gasteiger partial charge in [0.15, 0.2) is 0 Å². The number of hydrogen-bond acceptors (Lipinski definition) is 2. The lowest BCUT2D eigenvalue weighted by Crippen LogP contribution is -2.36. The minimum atomic E-state index is -0.246. The van der Waals surface area contributed by atoms with Crippen molar-refractivity contribution in [1.82, 2.24) is 0 Å². The molecule has 0 aliphatic heterocycles. The van der Waals surface area contributed by atoms with Crippen LogP contribution in [0.25, 0.3) is 0 Å². The zero-order chi connectivity index (χ0) is 20.5. The molecule has 0 amide bonds. The van der Waals surface area contributed by atoms with Gasteiger partial charge in [0.1, 0.15) is 5.78 Å². The maximum absolute atomic E-state index is 11.9. The summed E-state index contributed by atoms with van der Waals surface area (Å²) in [4.78, 5) is 11.9. The molecule has 0 unspecified atom stereocenters. The summed E-state index contributed by atoms with van der Waals surface area (Å²) >= 11 is 0. The number of rotatable bonds is 9. The van der Waals surface area contributed by atoms with E-state index < -0.39 is 0 Å². The third kappa shape index (κ3) is 5.94. The Kier molecular flexibility index (Phi) is 8.34. The first-order valence-electron chi connectivity index (χ1n) is 12.2. The number of aryl methyl sites for hydroxylation is 1. The van der Waals surface area contributed by atoms with Crippen molar-refractivity contribution in [1.29, 1.82) is 5.26 Å². The van der Waals surface area contributed by atoms with E-state index in [9.17, 15) is 10.1 Å². The van der Waals surface area contributed by atoms with Crippen molar-refractivity contribution in [2.45, 2.75) is 109 Å². The van der Waals surface area contributed by atoms with Crippen LogP contribution in [0.1, 0.15) is 114 Å². The number of carbonyl (C=O) groups excluding carboxylic acids is 1. The van der Waals surface area contributed by atoms with Crippen LogP contribution in [-0.4, -0.2) is 5.78 Å². The molecule has 2 aliphatic carbocycles. The first-order valence-corrected chi connectivity index (χ1v) is 12.2. The van der Waals surface area contributed by atoms with Crippen LogP contribution in [0.3, 0.4) is 0 Å². The molecule has 3 rings (SSSR count). The lowest BCUT2D eigenvalue weighted by Gasteiger charge is -2.42. The predicted molar refractivity (Wildman–Crippen MR) is 120 cm³/mol. The predicted octanol–water partition coefficient (Wildman–Crippen LogP) is 7.52. The fourth-order valence-electron chi connectivity index (χ4n) is 5.64. The minimum Gasteiger partial charge on any atom is -0.300 e. The Morgan fingerprint density at radius 1 is 1.00 bits per heavy atom. The number of carbonyl (C=O) groups is 1. The molecule has 2 aliphatic rings. The Balaban J connectivity index is 1.47. The topological polar surface area (TPSA) is 40.9 Å². The van der Waals surface area contributed by atoms with E-state index in [0.29, 0.717) is 24.0 Å². The number of hydrogen-bond donors (Lipinski definition) is 0. The average molecular weight is 394 g/mol. The van der Waals surface area contributed by atoms with Gasteiger partial charge in [0, 0.05) is 12.8 Å². The Labute approximate surface area is 178 Å². The summed E-state index contributed by atoms with van der Waals surface area (Å²) in [6.07, 6.45) is 16.8. The van der Waals surface area contributed by atoms with Gasteiger partial charge in [0.25, 0.3) is 0 Å². The molecule has 1 aromatic carbocycles. The van der Waals surface area contributed by atoms with Gasteiger partial charge in [-0.15, -0.1) is 0 Å². The zero-order valence-electron chi connectivity index (χ0n) is 18.4. The Bertz CT molecular complexity index is 675. The normalized spacial score (nSPS) is 27.5. The third-order valence-corrected chi connectivity index (χ3v) is 7.63. The molecule has 1 atom stereocenters. The SMILES string of the molecule is CCCCCCCCc1ccc([C@H]2CC[C@@](C#N)([C@@H]3CCCC(=O)C3)CC2)cc1. The zero-order valence-corrected chi connectivity index (χ0v) is 18.4. The summed E-state index contributed by atoms with van der Waals surface area (Å²) in [6, 6.07) is 12.0. The monoisotopic (exact) mass is 393 g/mol. The van der Waals surface area contributed by atoms with Crippen molar-refractivity contribution in [3.8, 4) is 6.07 Å². The molecular weight excluding hydrogens is 354 g/mol. The van der Waals surface area contributed by atoms with Gasteiger partial charge in [-0.25, -0.2) is 0 Å². The number of nitrogens with zero attached hydrogens (tertiary/aromatic N) is 1. The highest BCUT2D eigenvalue weighted by Gasteiger charge is 2.43. The first kappa shape index (κ1) is 22.1. The lowest BCUT2D eigenvalue weighted by atomic mass is 9.60. The van der Waals surface area contributed by atoms with E-state index in [2.05, 4.69) is 37.3 Å². The number of ketones is 1. The van der Waals surface area contributed by atoms with Crippen molar-refractivity contribution < 1.29 is 4.79 Å². The molecule has 0 spiro atoms. The molecule has 0 heterocycles. The van der Waals surface area contributed by atoms with Crippen LogP contribution in [0.5, 0.6) is 0 Å². The van der Waals surface area contributed by atoms with Gasteiger partial charge in [0.05, 0.1) is 11.5 Å². The van der Waals surface area contributed by atoms with E-state index in [4.69, 9.17) is 0 Å². The van der Waals surface area contributed by atoms with Crippen LogP contribution in [0, 0.1) is 22.7 Å². The van der Waals surface area contributed by atoms with Crippen molar-refractivity contribution >= 4 is 5.78 Å². The fourth-order valence-corrected chi connectivity index (χ4v) is 5.64. The highest BCUT2D eigenvalue weighted by molar-refractivity contribution is 5.79. The van der Waals surface area contributed by atoms with Crippen molar-refractivity contribution in [3.05, 3.63) is 35.4 Å². The Morgan fingerprint density at radius 3 is 2.34 bits per heavy atom. The molecule has 2 saturated carbocycles. The standard InChI is InChI=1S/C27H39NO/c1-2-3-4-5-6-7-9-22-12-14-23(15-13-22)24-16-18-27(21-28,19-17-24)25-10-8-11-26(29)20-25/h12-15,24-25H,2-11,16-20H2,1H3/t24-,25-,27+/m1/s1. The molecule has 2 heteroatoms. The van der Waals surface area contributed by atoms with Crippen molar-refractivity contribution in [2.24, 2.45) is 11.3 Å². The van der Waals surface area contributed by atoms with E-state index >= 15 is 0 Å². The molecule has 0 aromatic heterocycles. The van der Waals surface area contributed by atoms with Crippen LogP contribution in [-0.2, 0) is 11.2 Å². The number of nitriles is 1. The number of unbranched alkanes of at least 4 members (excludes halogenated alkanes) is 5. The Morgan fingerprint density at radius 2 is 1.69 bits per heavy atom. The van der Waals surface area contributed by atoms with Crippen LogP contribution in [0.2, 0.25) is 0 Å². The average Bonchev–Trinajstić information content (AvgIpc) is 2.77. The highest BCUT2D eigenvalue weighted by atomic mass is 16.1. The van der Waals surface area contributed by atoms with Crippen LogP contribution < -0.4 is 0 Å². The first-order chi connectivity index (χ1) is 14.2. The number of Topliss-reactive ketones (excluding diaryl/α,β-unsaturated/α-hetero) is 1. The van der Waals surface area contributed by atoms with E-state index in [1.54, 1.807) is 0 Å². The maximum atomic E-state index is 11.9. The molecule has 2 nitrogen and oxygen atoms in total. The van der Waals surface area contributed by atoms with Gasteiger partial charge in [-0.3, -0.25) is 4.79 Å². The van der Waals surface area contributed by atoms with Crippen molar-refractivity contribution in [2.75, 3.05) is 0 Å². The molecule has 0 radical (unpaired) electrons. The summed E-state index contributed by atoms with van der Waals surface area (Å²) in [5.74, 6) is 1.26. The van der Waals surface area contributed by atoms with E-state index in [-0.39, 0.29) is 5.41 Å². The van der Waals surface area contributed by atoms with E-state index in [1.165, 1.54) is 56.1 Å². The third-order valence-electron chi connectivity index (χ3n) is 7.63. The van der Waals surface area contributed by atoms with Gasteiger partial charge in [-0.2, -0.15) is 5.26 Å².